The molecule has 1 aromatic heterocycles. The summed E-state index contributed by atoms with van der Waals surface area (Å²) in [7, 11) is -0.0791. The molecule has 4 heteroatoms. The minimum absolute atomic E-state index is 0.0791. The molecule has 1 unspecified atom stereocenters. The minimum atomic E-state index is -0.730. The predicted molar refractivity (Wildman–Crippen MR) is 148 cm³/mol. The SMILES string of the molecule is Cc1cc(-[s+]2ccc3ccccc32)cc(C)c1OCC(=O)OC1(C#Cc2ccccc2)CCCCC1. The number of carbonyl (C=O) groups excluding carboxylic acids is 1. The lowest BCUT2D eigenvalue weighted by Crippen LogP contribution is -2.37. The lowest BCUT2D eigenvalue weighted by atomic mass is 9.85. The highest BCUT2D eigenvalue weighted by Gasteiger charge is 2.34. The van der Waals surface area contributed by atoms with Gasteiger partial charge in [-0.15, -0.1) is 0 Å². The predicted octanol–water partition coefficient (Wildman–Crippen LogP) is 7.87. The smallest absolute Gasteiger partial charge is 0.345 e. The van der Waals surface area contributed by atoms with Crippen LogP contribution in [0.15, 0.2) is 78.2 Å². The molecule has 1 aliphatic rings. The molecule has 182 valence electrons. The Morgan fingerprint density at radius 1 is 0.917 bits per heavy atom. The fourth-order valence-electron chi connectivity index (χ4n) is 4.97. The van der Waals surface area contributed by atoms with Crippen LogP contribution in [0.2, 0.25) is 0 Å². The maximum absolute atomic E-state index is 12.9. The Morgan fingerprint density at radius 2 is 1.61 bits per heavy atom. The normalized spacial score (nSPS) is 15.1. The zero-order valence-electron chi connectivity index (χ0n) is 20.9. The van der Waals surface area contributed by atoms with Crippen LogP contribution in [0.5, 0.6) is 5.75 Å². The van der Waals surface area contributed by atoms with E-state index >= 15 is 0 Å². The zero-order chi connectivity index (χ0) is 25.0. The third-order valence-corrected chi connectivity index (χ3v) is 8.74. The van der Waals surface area contributed by atoms with Gasteiger partial charge in [0.25, 0.3) is 0 Å². The lowest BCUT2D eigenvalue weighted by Gasteiger charge is -2.32. The summed E-state index contributed by atoms with van der Waals surface area (Å²) in [6, 6.07) is 24.9. The maximum atomic E-state index is 12.9. The number of fused-ring (bicyclic) bond motifs is 1. The molecule has 5 rings (SSSR count). The molecule has 0 spiro atoms. The van der Waals surface area contributed by atoms with E-state index < -0.39 is 5.60 Å². The van der Waals surface area contributed by atoms with Crippen molar-refractivity contribution < 1.29 is 14.3 Å². The monoisotopic (exact) mass is 495 g/mol. The first-order chi connectivity index (χ1) is 17.5. The van der Waals surface area contributed by atoms with E-state index in [1.54, 1.807) is 0 Å². The first kappa shape index (κ1) is 24.2. The number of aryl methyl sites for hydroxylation is 2. The van der Waals surface area contributed by atoms with E-state index in [-0.39, 0.29) is 23.0 Å². The molecule has 1 aliphatic carbocycles. The molecule has 0 radical (unpaired) electrons. The number of thiophene rings is 1. The molecular formula is C32H31O3S+. The summed E-state index contributed by atoms with van der Waals surface area (Å²) < 4.78 is 13.4. The Balaban J connectivity index is 1.30. The Hall–Kier alpha value is -3.55. The molecule has 1 atom stereocenters. The average Bonchev–Trinajstić information content (AvgIpc) is 3.32. The van der Waals surface area contributed by atoms with E-state index in [0.29, 0.717) is 0 Å². The van der Waals surface area contributed by atoms with Crippen molar-refractivity contribution in [2.45, 2.75) is 51.6 Å². The van der Waals surface area contributed by atoms with Crippen LogP contribution in [-0.2, 0) is 9.53 Å². The van der Waals surface area contributed by atoms with Gasteiger partial charge in [0, 0.05) is 39.6 Å². The van der Waals surface area contributed by atoms with E-state index in [0.717, 1.165) is 54.5 Å². The van der Waals surface area contributed by atoms with Crippen molar-refractivity contribution in [2.75, 3.05) is 6.61 Å². The van der Waals surface area contributed by atoms with Crippen LogP contribution in [-0.4, -0.2) is 18.2 Å². The molecule has 1 heterocycles. The van der Waals surface area contributed by atoms with Crippen LogP contribution < -0.4 is 4.74 Å². The molecule has 0 saturated heterocycles. The summed E-state index contributed by atoms with van der Waals surface area (Å²) in [4.78, 5) is 14.2. The number of carbonyl (C=O) groups is 1. The highest BCUT2D eigenvalue weighted by Crippen LogP contribution is 2.42. The van der Waals surface area contributed by atoms with Gasteiger partial charge >= 0.3 is 5.97 Å². The topological polar surface area (TPSA) is 35.5 Å². The molecule has 0 aliphatic heterocycles. The van der Waals surface area contributed by atoms with Crippen molar-refractivity contribution in [3.8, 4) is 22.5 Å². The second kappa shape index (κ2) is 10.6. The van der Waals surface area contributed by atoms with Crippen LogP contribution in [0.3, 0.4) is 0 Å². The molecule has 3 nitrogen and oxygen atoms in total. The van der Waals surface area contributed by atoms with Gasteiger partial charge in [-0.1, -0.05) is 42.7 Å². The summed E-state index contributed by atoms with van der Waals surface area (Å²) >= 11 is 0. The number of hydrogen-bond acceptors (Lipinski definition) is 3. The Labute approximate surface area is 216 Å². The van der Waals surface area contributed by atoms with Gasteiger partial charge in [-0.2, -0.15) is 0 Å². The largest absolute Gasteiger partial charge is 0.481 e. The fraction of sp³-hybridized carbons (Fsp3) is 0.281. The first-order valence-electron chi connectivity index (χ1n) is 12.6. The zero-order valence-corrected chi connectivity index (χ0v) is 21.7. The van der Waals surface area contributed by atoms with Crippen LogP contribution in [0.4, 0.5) is 0 Å². The number of ether oxygens (including phenoxy) is 2. The van der Waals surface area contributed by atoms with Gasteiger partial charge in [0.2, 0.25) is 0 Å². The second-order valence-corrected chi connectivity index (χ2v) is 11.4. The summed E-state index contributed by atoms with van der Waals surface area (Å²) in [5.41, 5.74) is 2.26. The van der Waals surface area contributed by atoms with Gasteiger partial charge in [-0.25, -0.2) is 4.79 Å². The van der Waals surface area contributed by atoms with Gasteiger partial charge in [0.15, 0.2) is 21.8 Å². The van der Waals surface area contributed by atoms with Crippen molar-refractivity contribution in [3.05, 3.63) is 94.9 Å². The first-order valence-corrected chi connectivity index (χ1v) is 13.9. The summed E-state index contributed by atoms with van der Waals surface area (Å²) in [5.74, 6) is 6.91. The van der Waals surface area contributed by atoms with E-state index in [1.165, 1.54) is 15.0 Å². The number of hydrogen-bond donors (Lipinski definition) is 0. The molecule has 1 fully saturated rings. The molecule has 36 heavy (non-hydrogen) atoms. The number of rotatable bonds is 5. The summed E-state index contributed by atoms with van der Waals surface area (Å²) in [6.07, 6.45) is 4.70. The van der Waals surface area contributed by atoms with Crippen LogP contribution in [0.1, 0.15) is 48.8 Å². The summed E-state index contributed by atoms with van der Waals surface area (Å²) in [5, 5.41) is 3.56. The van der Waals surface area contributed by atoms with Gasteiger partial charge < -0.3 is 9.47 Å². The van der Waals surface area contributed by atoms with E-state index in [2.05, 4.69) is 59.7 Å². The van der Waals surface area contributed by atoms with Crippen molar-refractivity contribution in [3.63, 3.8) is 0 Å². The molecule has 4 aromatic rings. The quantitative estimate of drug-likeness (QED) is 0.161. The number of esters is 1. The second-order valence-electron chi connectivity index (χ2n) is 9.50. The van der Waals surface area contributed by atoms with E-state index in [1.807, 2.05) is 44.2 Å². The van der Waals surface area contributed by atoms with Crippen LogP contribution >= 0.6 is 10.5 Å². The van der Waals surface area contributed by atoms with Gasteiger partial charge in [-0.3, -0.25) is 0 Å². The van der Waals surface area contributed by atoms with Crippen LogP contribution in [0.25, 0.3) is 15.0 Å². The van der Waals surface area contributed by atoms with Crippen molar-refractivity contribution in [1.29, 1.82) is 0 Å². The Bertz CT molecular complexity index is 1410. The van der Waals surface area contributed by atoms with Crippen molar-refractivity contribution in [2.24, 2.45) is 0 Å². The van der Waals surface area contributed by atoms with E-state index in [9.17, 15) is 4.79 Å². The molecule has 0 N–H and O–H groups in total. The highest BCUT2D eigenvalue weighted by molar-refractivity contribution is 7.43. The van der Waals surface area contributed by atoms with Crippen molar-refractivity contribution in [1.82, 2.24) is 0 Å². The molecule has 0 amide bonds. The Kier molecular flexibility index (Phi) is 7.11. The lowest BCUT2D eigenvalue weighted by molar-refractivity contribution is -0.159. The Morgan fingerprint density at radius 3 is 2.36 bits per heavy atom. The fourth-order valence-corrected chi connectivity index (χ4v) is 7.03. The standard InChI is InChI=1S/C32H31O3S/c1-24-21-28(36-20-16-27-13-7-8-14-29(27)36)22-25(2)31(24)34-23-30(33)35-32(17-9-4-10-18-32)19-15-26-11-5-3-6-12-26/h3,5-8,11-14,16,20-22H,4,9-10,17-18,23H2,1-2H3/q+1. The third kappa shape index (κ3) is 5.32. The molecule has 0 bridgehead atoms. The minimum Gasteiger partial charge on any atom is -0.481 e. The summed E-state index contributed by atoms with van der Waals surface area (Å²) in [6.45, 7) is 3.96. The van der Waals surface area contributed by atoms with Crippen LogP contribution in [0, 0.1) is 25.7 Å². The molecular weight excluding hydrogens is 464 g/mol. The highest BCUT2D eigenvalue weighted by atomic mass is 32.2. The van der Waals surface area contributed by atoms with Crippen molar-refractivity contribution >= 4 is 26.5 Å². The van der Waals surface area contributed by atoms with Gasteiger partial charge in [-0.05, 0) is 80.8 Å². The average molecular weight is 496 g/mol. The third-order valence-electron chi connectivity index (χ3n) is 6.74. The van der Waals surface area contributed by atoms with E-state index in [4.69, 9.17) is 9.47 Å². The molecule has 1 saturated carbocycles. The van der Waals surface area contributed by atoms with Gasteiger partial charge in [0.1, 0.15) is 11.1 Å². The van der Waals surface area contributed by atoms with Gasteiger partial charge in [0.05, 0.1) is 0 Å². The maximum Gasteiger partial charge on any atom is 0.345 e. The molecule has 3 aromatic carbocycles. The number of benzene rings is 3.